The lowest BCUT2D eigenvalue weighted by atomic mass is 9.88. The fraction of sp³-hybridized carbons (Fsp3) is 0.545. The predicted octanol–water partition coefficient (Wildman–Crippen LogP) is 3.85. The maximum absolute atomic E-state index is 12.8. The molecular weight excluding hydrogens is 354 g/mol. The third-order valence-corrected chi connectivity index (χ3v) is 6.06. The summed E-state index contributed by atoms with van der Waals surface area (Å²) < 4.78 is 10.8. The minimum Gasteiger partial charge on any atom is -0.493 e. The number of hydrogen-bond acceptors (Lipinski definition) is 5. The van der Waals surface area contributed by atoms with E-state index in [0.717, 1.165) is 48.9 Å². The van der Waals surface area contributed by atoms with E-state index in [1.807, 2.05) is 18.2 Å². The van der Waals surface area contributed by atoms with E-state index in [0.29, 0.717) is 17.4 Å². The van der Waals surface area contributed by atoms with Gasteiger partial charge in [-0.2, -0.15) is 0 Å². The minimum absolute atomic E-state index is 0.242. The van der Waals surface area contributed by atoms with Crippen molar-refractivity contribution in [2.24, 2.45) is 5.92 Å². The predicted molar refractivity (Wildman–Crippen MR) is 110 cm³/mol. The van der Waals surface area contributed by atoms with Crippen molar-refractivity contribution in [3.8, 4) is 11.5 Å². The summed E-state index contributed by atoms with van der Waals surface area (Å²) in [5.74, 6) is 1.96. The van der Waals surface area contributed by atoms with Crippen molar-refractivity contribution in [1.29, 1.82) is 0 Å². The maximum Gasteiger partial charge on any atom is 0.225 e. The fourth-order valence-electron chi connectivity index (χ4n) is 4.50. The molecule has 1 unspecified atom stereocenters. The maximum atomic E-state index is 12.8. The zero-order chi connectivity index (χ0) is 19.5. The van der Waals surface area contributed by atoms with Crippen LogP contribution >= 0.6 is 0 Å². The Balaban J connectivity index is 1.48. The van der Waals surface area contributed by atoms with E-state index in [1.54, 1.807) is 20.4 Å². The number of amides is 1. The van der Waals surface area contributed by atoms with Crippen LogP contribution in [0.1, 0.15) is 38.5 Å². The summed E-state index contributed by atoms with van der Waals surface area (Å²) in [5, 5.41) is 4.63. The quantitative estimate of drug-likeness (QED) is 0.850. The van der Waals surface area contributed by atoms with Crippen LogP contribution in [-0.4, -0.2) is 49.1 Å². The zero-order valence-corrected chi connectivity index (χ0v) is 16.7. The zero-order valence-electron chi connectivity index (χ0n) is 16.7. The Morgan fingerprint density at radius 1 is 1.11 bits per heavy atom. The lowest BCUT2D eigenvalue weighted by Crippen LogP contribution is -2.36. The normalized spacial score (nSPS) is 20.4. The van der Waals surface area contributed by atoms with Crippen LogP contribution in [-0.2, 0) is 4.79 Å². The molecule has 0 radical (unpaired) electrons. The molecule has 6 heteroatoms. The number of fused-ring (bicyclic) bond motifs is 1. The molecule has 2 fully saturated rings. The molecule has 1 N–H and O–H groups in total. The summed E-state index contributed by atoms with van der Waals surface area (Å²) in [5.41, 5.74) is 1.87. The summed E-state index contributed by atoms with van der Waals surface area (Å²) in [6.45, 7) is 1.61. The molecule has 1 amide bonds. The monoisotopic (exact) mass is 383 g/mol. The van der Waals surface area contributed by atoms with E-state index in [2.05, 4.69) is 15.2 Å². The summed E-state index contributed by atoms with van der Waals surface area (Å²) in [7, 11) is 3.26. The van der Waals surface area contributed by atoms with Gasteiger partial charge in [0.15, 0.2) is 11.5 Å². The highest BCUT2D eigenvalue weighted by Gasteiger charge is 2.31. The van der Waals surface area contributed by atoms with Crippen molar-refractivity contribution < 1.29 is 14.3 Å². The Kier molecular flexibility index (Phi) is 5.55. The topological polar surface area (TPSA) is 63.7 Å². The Morgan fingerprint density at radius 3 is 2.61 bits per heavy atom. The van der Waals surface area contributed by atoms with Crippen molar-refractivity contribution in [3.05, 3.63) is 24.4 Å². The number of carbonyl (C=O) groups is 1. The molecule has 1 aromatic heterocycles. The molecule has 2 aromatic rings. The summed E-state index contributed by atoms with van der Waals surface area (Å²) >= 11 is 0. The highest BCUT2D eigenvalue weighted by Crippen LogP contribution is 2.35. The molecule has 28 heavy (non-hydrogen) atoms. The third-order valence-electron chi connectivity index (χ3n) is 6.06. The van der Waals surface area contributed by atoms with Gasteiger partial charge < -0.3 is 19.7 Å². The number of benzene rings is 1. The van der Waals surface area contributed by atoms with Gasteiger partial charge in [0.05, 0.1) is 19.7 Å². The van der Waals surface area contributed by atoms with Crippen molar-refractivity contribution >= 4 is 22.5 Å². The van der Waals surface area contributed by atoms with Crippen molar-refractivity contribution in [2.45, 2.75) is 44.6 Å². The smallest absolute Gasteiger partial charge is 0.225 e. The number of pyridine rings is 1. The molecule has 1 aliphatic carbocycles. The van der Waals surface area contributed by atoms with E-state index < -0.39 is 0 Å². The van der Waals surface area contributed by atoms with Gasteiger partial charge in [-0.1, -0.05) is 19.3 Å². The lowest BCUT2D eigenvalue weighted by Gasteiger charge is -2.26. The van der Waals surface area contributed by atoms with E-state index >= 15 is 0 Å². The second-order valence-corrected chi connectivity index (χ2v) is 7.83. The molecule has 4 rings (SSSR count). The average molecular weight is 383 g/mol. The molecule has 0 bridgehead atoms. The largest absolute Gasteiger partial charge is 0.493 e. The Bertz CT molecular complexity index is 848. The lowest BCUT2D eigenvalue weighted by molar-refractivity contribution is -0.135. The third kappa shape index (κ3) is 3.73. The Morgan fingerprint density at radius 2 is 1.86 bits per heavy atom. The average Bonchev–Trinajstić information content (AvgIpc) is 3.21. The molecule has 150 valence electrons. The van der Waals surface area contributed by atoms with Gasteiger partial charge in [-0.15, -0.1) is 0 Å². The molecule has 1 saturated heterocycles. The SMILES string of the molecule is COc1cc2nccc(NC3CCN(C(=O)C4CCCCC4)C3)c2cc1OC. The van der Waals surface area contributed by atoms with Crippen molar-refractivity contribution in [3.63, 3.8) is 0 Å². The minimum atomic E-state index is 0.242. The number of likely N-dealkylation sites (tertiary alicyclic amines) is 1. The van der Waals surface area contributed by atoms with Gasteiger partial charge in [-0.05, 0) is 31.4 Å². The number of aromatic nitrogens is 1. The molecule has 1 aliphatic heterocycles. The van der Waals surface area contributed by atoms with E-state index in [1.165, 1.54) is 19.3 Å². The van der Waals surface area contributed by atoms with Gasteiger partial charge >= 0.3 is 0 Å². The molecule has 2 heterocycles. The Hall–Kier alpha value is -2.50. The molecular formula is C22H29N3O3. The van der Waals surface area contributed by atoms with Crippen LogP contribution in [0.2, 0.25) is 0 Å². The summed E-state index contributed by atoms with van der Waals surface area (Å²) in [6.07, 6.45) is 8.55. The van der Waals surface area contributed by atoms with Crippen LogP contribution in [0.15, 0.2) is 24.4 Å². The van der Waals surface area contributed by atoms with Crippen LogP contribution in [0.25, 0.3) is 10.9 Å². The first kappa shape index (κ1) is 18.8. The first-order valence-corrected chi connectivity index (χ1v) is 10.3. The fourth-order valence-corrected chi connectivity index (χ4v) is 4.50. The van der Waals surface area contributed by atoms with E-state index in [9.17, 15) is 4.79 Å². The summed E-state index contributed by atoms with van der Waals surface area (Å²) in [4.78, 5) is 19.3. The molecule has 0 spiro atoms. The first-order chi connectivity index (χ1) is 13.7. The second-order valence-electron chi connectivity index (χ2n) is 7.83. The number of methoxy groups -OCH3 is 2. The van der Waals surface area contributed by atoms with Crippen LogP contribution in [0.3, 0.4) is 0 Å². The molecule has 1 aromatic carbocycles. The van der Waals surface area contributed by atoms with Gasteiger partial charge in [-0.25, -0.2) is 0 Å². The second kappa shape index (κ2) is 8.25. The van der Waals surface area contributed by atoms with Crippen LogP contribution < -0.4 is 14.8 Å². The Labute approximate surface area is 166 Å². The van der Waals surface area contributed by atoms with Crippen molar-refractivity contribution in [1.82, 2.24) is 9.88 Å². The number of nitrogens with one attached hydrogen (secondary N) is 1. The summed E-state index contributed by atoms with van der Waals surface area (Å²) in [6, 6.07) is 6.10. The molecule has 2 aliphatic rings. The van der Waals surface area contributed by atoms with E-state index in [-0.39, 0.29) is 12.0 Å². The molecule has 6 nitrogen and oxygen atoms in total. The van der Waals surface area contributed by atoms with Gasteiger partial charge in [0.2, 0.25) is 5.91 Å². The van der Waals surface area contributed by atoms with Gasteiger partial charge in [0, 0.05) is 48.4 Å². The number of nitrogens with zero attached hydrogens (tertiary/aromatic N) is 2. The van der Waals surface area contributed by atoms with Gasteiger partial charge in [0.1, 0.15) is 0 Å². The highest BCUT2D eigenvalue weighted by molar-refractivity contribution is 5.93. The number of anilines is 1. The van der Waals surface area contributed by atoms with Gasteiger partial charge in [0.25, 0.3) is 0 Å². The van der Waals surface area contributed by atoms with Crippen LogP contribution in [0.4, 0.5) is 5.69 Å². The number of ether oxygens (including phenoxy) is 2. The number of carbonyl (C=O) groups excluding carboxylic acids is 1. The number of hydrogen-bond donors (Lipinski definition) is 1. The number of rotatable bonds is 5. The van der Waals surface area contributed by atoms with Crippen LogP contribution in [0, 0.1) is 5.92 Å². The van der Waals surface area contributed by atoms with Gasteiger partial charge in [-0.3, -0.25) is 9.78 Å². The molecule has 1 saturated carbocycles. The standard InChI is InChI=1S/C22H29N3O3/c1-27-20-12-17-18(8-10-23-19(17)13-21(20)28-2)24-16-9-11-25(14-16)22(26)15-6-4-3-5-7-15/h8,10,12-13,15-16H,3-7,9,11,14H2,1-2H3,(H,23,24). The highest BCUT2D eigenvalue weighted by atomic mass is 16.5. The first-order valence-electron chi connectivity index (χ1n) is 10.3. The van der Waals surface area contributed by atoms with Crippen molar-refractivity contribution in [2.75, 3.05) is 32.6 Å². The van der Waals surface area contributed by atoms with E-state index in [4.69, 9.17) is 9.47 Å². The molecule has 1 atom stereocenters. The van der Waals surface area contributed by atoms with Crippen LogP contribution in [0.5, 0.6) is 11.5 Å².